The van der Waals surface area contributed by atoms with E-state index >= 15 is 0 Å². The molecule has 7 heteroatoms. The SMILES string of the molecule is C=CC(N)=O.CC(C)OS(=O)[O-].[Li+]. The summed E-state index contributed by atoms with van der Waals surface area (Å²) in [5.74, 6) is -0.481. The van der Waals surface area contributed by atoms with Gasteiger partial charge in [0.2, 0.25) is 5.91 Å². The second kappa shape index (κ2) is 11.9. The fourth-order valence-electron chi connectivity index (χ4n) is 0.157. The van der Waals surface area contributed by atoms with Crippen molar-refractivity contribution in [3.63, 3.8) is 0 Å². The van der Waals surface area contributed by atoms with Gasteiger partial charge in [0.25, 0.3) is 0 Å². The van der Waals surface area contributed by atoms with Crippen LogP contribution in [0.2, 0.25) is 0 Å². The Morgan fingerprint density at radius 2 is 2.00 bits per heavy atom. The fraction of sp³-hybridized carbons (Fsp3) is 0.500. The molecule has 0 aliphatic heterocycles. The molecular formula is C6H12LiNO4S. The molecule has 0 spiro atoms. The Hall–Kier alpha value is -0.123. The van der Waals surface area contributed by atoms with Crippen LogP contribution >= 0.6 is 0 Å². The average molecular weight is 201 g/mol. The molecule has 0 saturated carbocycles. The maximum Gasteiger partial charge on any atom is 1.00 e. The van der Waals surface area contributed by atoms with Crippen LogP contribution < -0.4 is 24.6 Å². The van der Waals surface area contributed by atoms with Crippen LogP contribution in [0.15, 0.2) is 12.7 Å². The summed E-state index contributed by atoms with van der Waals surface area (Å²) in [7, 11) is 0. The number of amides is 1. The second-order valence-electron chi connectivity index (χ2n) is 1.96. The molecule has 0 aliphatic rings. The van der Waals surface area contributed by atoms with E-state index < -0.39 is 17.3 Å². The molecule has 0 bridgehead atoms. The third-order valence-corrected chi connectivity index (χ3v) is 1.01. The molecular weight excluding hydrogens is 189 g/mol. The van der Waals surface area contributed by atoms with Gasteiger partial charge in [0, 0.05) is 0 Å². The smallest absolute Gasteiger partial charge is 0.750 e. The van der Waals surface area contributed by atoms with Crippen LogP contribution in [0.5, 0.6) is 0 Å². The summed E-state index contributed by atoms with van der Waals surface area (Å²) >= 11 is -2.35. The number of carbonyl (C=O) groups excluding carboxylic acids is 1. The number of primary amides is 1. The van der Waals surface area contributed by atoms with Crippen LogP contribution in [0.25, 0.3) is 0 Å². The first-order valence-corrected chi connectivity index (χ1v) is 4.08. The fourth-order valence-corrected chi connectivity index (χ4v) is 0.471. The van der Waals surface area contributed by atoms with E-state index in [0.29, 0.717) is 0 Å². The minimum Gasteiger partial charge on any atom is -0.750 e. The first-order valence-electron chi connectivity index (χ1n) is 3.08. The summed E-state index contributed by atoms with van der Waals surface area (Å²) in [4.78, 5) is 9.47. The minimum absolute atomic E-state index is 0. The van der Waals surface area contributed by atoms with Crippen molar-refractivity contribution in [1.29, 1.82) is 0 Å². The van der Waals surface area contributed by atoms with Gasteiger partial charge in [-0.05, 0) is 19.9 Å². The maximum absolute atomic E-state index is 9.59. The Kier molecular flexibility index (Phi) is 17.0. The van der Waals surface area contributed by atoms with Gasteiger partial charge in [0.05, 0.1) is 17.5 Å². The third-order valence-electron chi connectivity index (χ3n) is 0.472. The van der Waals surface area contributed by atoms with E-state index in [4.69, 9.17) is 0 Å². The van der Waals surface area contributed by atoms with Crippen molar-refractivity contribution in [3.05, 3.63) is 12.7 Å². The van der Waals surface area contributed by atoms with Crippen molar-refractivity contribution in [2.45, 2.75) is 20.0 Å². The maximum atomic E-state index is 9.59. The molecule has 0 saturated heterocycles. The summed E-state index contributed by atoms with van der Waals surface area (Å²) in [6.45, 7) is 6.38. The van der Waals surface area contributed by atoms with Crippen molar-refractivity contribution in [2.24, 2.45) is 5.73 Å². The Bertz CT molecular complexity index is 174. The molecule has 1 atom stereocenters. The van der Waals surface area contributed by atoms with Crippen LogP contribution in [0.4, 0.5) is 0 Å². The van der Waals surface area contributed by atoms with E-state index in [1.807, 2.05) is 0 Å². The predicted molar refractivity (Wildman–Crippen MR) is 44.5 cm³/mol. The van der Waals surface area contributed by atoms with Crippen LogP contribution in [-0.4, -0.2) is 20.8 Å². The van der Waals surface area contributed by atoms with E-state index in [1.165, 1.54) is 0 Å². The minimum atomic E-state index is -2.35. The normalized spacial score (nSPS) is 10.5. The quantitative estimate of drug-likeness (QED) is 0.297. The van der Waals surface area contributed by atoms with Crippen molar-refractivity contribution in [2.75, 3.05) is 0 Å². The van der Waals surface area contributed by atoms with Gasteiger partial charge in [-0.2, -0.15) is 0 Å². The molecule has 0 radical (unpaired) electrons. The van der Waals surface area contributed by atoms with Gasteiger partial charge in [-0.15, -0.1) is 0 Å². The summed E-state index contributed by atoms with van der Waals surface area (Å²) in [6, 6.07) is 0. The van der Waals surface area contributed by atoms with E-state index in [-0.39, 0.29) is 25.0 Å². The first kappa shape index (κ1) is 18.6. The zero-order valence-corrected chi connectivity index (χ0v) is 8.80. The summed E-state index contributed by atoms with van der Waals surface area (Å²) in [5.41, 5.74) is 4.53. The zero-order valence-electron chi connectivity index (χ0n) is 7.98. The van der Waals surface area contributed by atoms with E-state index in [2.05, 4.69) is 16.5 Å². The van der Waals surface area contributed by atoms with Gasteiger partial charge < -0.3 is 10.3 Å². The standard InChI is InChI=1S/C3H5NO.C3H8O3S.Li/c1-2-3(4)5;1-3(2)6-7(4)5;/h2H,1H2,(H2,4,5);3H,1-2H3,(H,4,5);/q;;+1/p-1. The first-order chi connectivity index (χ1) is 5.40. The van der Waals surface area contributed by atoms with Gasteiger partial charge in [0.1, 0.15) is 0 Å². The van der Waals surface area contributed by atoms with E-state index in [1.54, 1.807) is 13.8 Å². The molecule has 0 rings (SSSR count). The number of hydrogen-bond acceptors (Lipinski definition) is 4. The van der Waals surface area contributed by atoms with Crippen molar-refractivity contribution in [3.8, 4) is 0 Å². The van der Waals surface area contributed by atoms with Crippen molar-refractivity contribution >= 4 is 17.3 Å². The number of carbonyl (C=O) groups is 1. The topological polar surface area (TPSA) is 92.5 Å². The van der Waals surface area contributed by atoms with Crippen LogP contribution in [0.1, 0.15) is 13.8 Å². The van der Waals surface area contributed by atoms with E-state index in [9.17, 15) is 13.6 Å². The Morgan fingerprint density at radius 1 is 1.69 bits per heavy atom. The molecule has 1 amide bonds. The van der Waals surface area contributed by atoms with Crippen LogP contribution in [-0.2, 0) is 20.3 Å². The number of nitrogens with two attached hydrogens (primary N) is 1. The van der Waals surface area contributed by atoms with Gasteiger partial charge in [0.15, 0.2) is 0 Å². The summed E-state index contributed by atoms with van der Waals surface area (Å²) in [6.07, 6.45) is 0.818. The summed E-state index contributed by atoms with van der Waals surface area (Å²) in [5, 5.41) is 0. The Balaban J connectivity index is -0.000000150. The van der Waals surface area contributed by atoms with Crippen molar-refractivity contribution in [1.82, 2.24) is 0 Å². The monoisotopic (exact) mass is 201 g/mol. The van der Waals surface area contributed by atoms with E-state index in [0.717, 1.165) is 6.08 Å². The third kappa shape index (κ3) is 33.5. The van der Waals surface area contributed by atoms with Gasteiger partial charge in [-0.3, -0.25) is 8.98 Å². The van der Waals surface area contributed by atoms with Gasteiger partial charge in [-0.25, -0.2) is 4.21 Å². The molecule has 0 aliphatic carbocycles. The van der Waals surface area contributed by atoms with Crippen LogP contribution in [0, 0.1) is 0 Å². The number of hydrogen-bond donors (Lipinski definition) is 1. The summed E-state index contributed by atoms with van der Waals surface area (Å²) < 4.78 is 23.3. The van der Waals surface area contributed by atoms with Crippen LogP contribution in [0.3, 0.4) is 0 Å². The predicted octanol–water partition coefficient (Wildman–Crippen LogP) is -3.13. The molecule has 0 fully saturated rings. The zero-order chi connectivity index (χ0) is 10.1. The van der Waals surface area contributed by atoms with Gasteiger partial charge >= 0.3 is 18.9 Å². The largest absolute Gasteiger partial charge is 1.00 e. The molecule has 0 aromatic rings. The molecule has 13 heavy (non-hydrogen) atoms. The Morgan fingerprint density at radius 3 is 2.00 bits per heavy atom. The molecule has 0 aromatic heterocycles. The second-order valence-corrected chi connectivity index (χ2v) is 2.56. The molecule has 5 nitrogen and oxygen atoms in total. The average Bonchev–Trinajstić information content (AvgIpc) is 1.85. The molecule has 0 aromatic carbocycles. The molecule has 0 heterocycles. The molecule has 2 N–H and O–H groups in total. The van der Waals surface area contributed by atoms with Crippen molar-refractivity contribution < 1.29 is 36.6 Å². The molecule has 1 unspecified atom stereocenters. The number of rotatable bonds is 3. The Labute approximate surface area is 92.4 Å². The van der Waals surface area contributed by atoms with Gasteiger partial charge in [-0.1, -0.05) is 6.58 Å². The molecule has 72 valence electrons.